The summed E-state index contributed by atoms with van der Waals surface area (Å²) in [6.07, 6.45) is 3.53. The van der Waals surface area contributed by atoms with Gasteiger partial charge in [-0.15, -0.1) is 0 Å². The second-order valence-corrected chi connectivity index (χ2v) is 9.10. The third-order valence-electron chi connectivity index (χ3n) is 6.31. The Hall–Kier alpha value is -4.46. The number of nitrogens with one attached hydrogen (secondary N) is 1. The molecule has 0 unspecified atom stereocenters. The SMILES string of the molecule is COc1ccc(-c2cn(-c3ccc(C)cc3)c(NC(=O)CN(C(=O)c3ccc(F)cc3)C3CC3)n2)cc1. The highest BCUT2D eigenvalue weighted by molar-refractivity contribution is 5.99. The van der Waals surface area contributed by atoms with Crippen molar-refractivity contribution in [1.82, 2.24) is 14.5 Å². The fourth-order valence-electron chi connectivity index (χ4n) is 4.10. The zero-order chi connectivity index (χ0) is 25.9. The van der Waals surface area contributed by atoms with E-state index in [-0.39, 0.29) is 24.4 Å². The molecule has 1 fully saturated rings. The number of methoxy groups -OCH3 is 1. The van der Waals surface area contributed by atoms with Crippen molar-refractivity contribution in [2.75, 3.05) is 19.0 Å². The molecule has 4 aromatic rings. The van der Waals surface area contributed by atoms with Crippen LogP contribution in [0.1, 0.15) is 28.8 Å². The van der Waals surface area contributed by atoms with Crippen molar-refractivity contribution < 1.29 is 18.7 Å². The summed E-state index contributed by atoms with van der Waals surface area (Å²) >= 11 is 0. The summed E-state index contributed by atoms with van der Waals surface area (Å²) in [6, 6.07) is 20.8. The van der Waals surface area contributed by atoms with Crippen LogP contribution in [0.2, 0.25) is 0 Å². The molecule has 0 aliphatic heterocycles. The second kappa shape index (κ2) is 10.3. The van der Waals surface area contributed by atoms with Gasteiger partial charge >= 0.3 is 0 Å². The summed E-state index contributed by atoms with van der Waals surface area (Å²) in [4.78, 5) is 32.5. The van der Waals surface area contributed by atoms with Crippen LogP contribution in [0.3, 0.4) is 0 Å². The van der Waals surface area contributed by atoms with Crippen LogP contribution in [-0.2, 0) is 4.79 Å². The average Bonchev–Trinajstić information content (AvgIpc) is 3.67. The van der Waals surface area contributed by atoms with Gasteiger partial charge in [0.2, 0.25) is 11.9 Å². The molecule has 8 heteroatoms. The predicted octanol–water partition coefficient (Wildman–Crippen LogP) is 5.24. The fourth-order valence-corrected chi connectivity index (χ4v) is 4.10. The van der Waals surface area contributed by atoms with Crippen molar-refractivity contribution in [1.29, 1.82) is 0 Å². The molecule has 1 saturated carbocycles. The maximum Gasteiger partial charge on any atom is 0.254 e. The minimum absolute atomic E-state index is 0.00462. The van der Waals surface area contributed by atoms with Gasteiger partial charge in [0.1, 0.15) is 18.1 Å². The van der Waals surface area contributed by atoms with E-state index in [0.717, 1.165) is 35.4 Å². The predicted molar refractivity (Wildman–Crippen MR) is 139 cm³/mol. The molecule has 5 rings (SSSR count). The molecule has 1 N–H and O–H groups in total. The van der Waals surface area contributed by atoms with Crippen molar-refractivity contribution >= 4 is 17.8 Å². The number of aromatic nitrogens is 2. The van der Waals surface area contributed by atoms with Gasteiger partial charge in [-0.25, -0.2) is 9.37 Å². The highest BCUT2D eigenvalue weighted by Gasteiger charge is 2.34. The van der Waals surface area contributed by atoms with Gasteiger partial charge in [0.05, 0.1) is 12.8 Å². The maximum atomic E-state index is 13.3. The zero-order valence-electron chi connectivity index (χ0n) is 20.6. The summed E-state index contributed by atoms with van der Waals surface area (Å²) in [5, 5.41) is 2.90. The van der Waals surface area contributed by atoms with Crippen molar-refractivity contribution in [3.63, 3.8) is 0 Å². The second-order valence-electron chi connectivity index (χ2n) is 9.10. The number of amides is 2. The smallest absolute Gasteiger partial charge is 0.254 e. The molecule has 3 aromatic carbocycles. The van der Waals surface area contributed by atoms with Gasteiger partial charge in [-0.05, 0) is 80.4 Å². The van der Waals surface area contributed by atoms with Crippen molar-refractivity contribution in [2.45, 2.75) is 25.8 Å². The Labute approximate surface area is 214 Å². The first-order valence-electron chi connectivity index (χ1n) is 12.1. The van der Waals surface area contributed by atoms with Gasteiger partial charge in [0, 0.05) is 29.1 Å². The van der Waals surface area contributed by atoms with Crippen LogP contribution in [0.25, 0.3) is 16.9 Å². The zero-order valence-corrected chi connectivity index (χ0v) is 20.6. The lowest BCUT2D eigenvalue weighted by molar-refractivity contribution is -0.117. The lowest BCUT2D eigenvalue weighted by Gasteiger charge is -2.22. The third-order valence-corrected chi connectivity index (χ3v) is 6.31. The molecule has 37 heavy (non-hydrogen) atoms. The number of ether oxygens (including phenoxy) is 1. The van der Waals surface area contributed by atoms with Crippen molar-refractivity contribution in [3.05, 3.63) is 95.9 Å². The molecule has 0 radical (unpaired) electrons. The van der Waals surface area contributed by atoms with E-state index < -0.39 is 5.82 Å². The number of hydrogen-bond donors (Lipinski definition) is 1. The summed E-state index contributed by atoms with van der Waals surface area (Å²) in [5.74, 6) is 0.0230. The minimum Gasteiger partial charge on any atom is -0.497 e. The van der Waals surface area contributed by atoms with Crippen LogP contribution in [0.5, 0.6) is 5.75 Å². The lowest BCUT2D eigenvalue weighted by atomic mass is 10.1. The Morgan fingerprint density at radius 2 is 1.70 bits per heavy atom. The number of rotatable bonds is 8. The van der Waals surface area contributed by atoms with Crippen LogP contribution >= 0.6 is 0 Å². The Kier molecular flexibility index (Phi) is 6.72. The van der Waals surface area contributed by atoms with E-state index in [1.807, 2.05) is 66.2 Å². The van der Waals surface area contributed by atoms with E-state index in [9.17, 15) is 14.0 Å². The Bertz CT molecular complexity index is 1410. The first kappa shape index (κ1) is 24.2. The number of imidazole rings is 1. The number of anilines is 1. The van der Waals surface area contributed by atoms with Crippen LogP contribution in [0, 0.1) is 12.7 Å². The number of nitrogens with zero attached hydrogens (tertiary/aromatic N) is 3. The lowest BCUT2D eigenvalue weighted by Crippen LogP contribution is -2.39. The summed E-state index contributed by atoms with van der Waals surface area (Å²) < 4.78 is 20.4. The summed E-state index contributed by atoms with van der Waals surface area (Å²) in [6.45, 7) is 1.88. The van der Waals surface area contributed by atoms with Crippen molar-refractivity contribution in [3.8, 4) is 22.7 Å². The standard InChI is InChI=1S/C29H27FN4O3/c1-19-3-11-24(12-4-19)34-17-26(20-7-15-25(37-2)16-8-20)31-29(34)32-27(35)18-33(23-13-14-23)28(36)21-5-9-22(30)10-6-21/h3-12,15-17,23H,13-14,18H2,1-2H3,(H,31,32,35). The molecule has 1 aromatic heterocycles. The molecule has 1 aliphatic rings. The van der Waals surface area contributed by atoms with E-state index in [0.29, 0.717) is 17.2 Å². The Balaban J connectivity index is 1.41. The molecule has 1 aliphatic carbocycles. The highest BCUT2D eigenvalue weighted by atomic mass is 19.1. The van der Waals surface area contributed by atoms with Gasteiger partial charge in [0.25, 0.3) is 5.91 Å². The molecule has 0 bridgehead atoms. The number of hydrogen-bond acceptors (Lipinski definition) is 4. The number of halogens is 1. The highest BCUT2D eigenvalue weighted by Crippen LogP contribution is 2.29. The molecule has 2 amide bonds. The fraction of sp³-hybridized carbons (Fsp3) is 0.207. The molecular weight excluding hydrogens is 471 g/mol. The molecule has 0 saturated heterocycles. The molecule has 0 atom stereocenters. The Morgan fingerprint density at radius 1 is 1.03 bits per heavy atom. The molecule has 188 valence electrons. The third kappa shape index (κ3) is 5.53. The molecular formula is C29H27FN4O3. The molecule has 7 nitrogen and oxygen atoms in total. The van der Waals surface area contributed by atoms with Crippen LogP contribution in [-0.4, -0.2) is 46.0 Å². The van der Waals surface area contributed by atoms with Gasteiger partial charge in [-0.1, -0.05) is 17.7 Å². The average molecular weight is 499 g/mol. The van der Waals surface area contributed by atoms with E-state index in [4.69, 9.17) is 9.72 Å². The van der Waals surface area contributed by atoms with Crippen LogP contribution in [0.4, 0.5) is 10.3 Å². The first-order valence-corrected chi connectivity index (χ1v) is 12.1. The summed E-state index contributed by atoms with van der Waals surface area (Å²) in [7, 11) is 1.61. The van der Waals surface area contributed by atoms with E-state index in [1.165, 1.54) is 24.3 Å². The molecule has 0 spiro atoms. The number of benzene rings is 3. The van der Waals surface area contributed by atoms with E-state index >= 15 is 0 Å². The van der Waals surface area contributed by atoms with Gasteiger partial charge in [-0.2, -0.15) is 0 Å². The van der Waals surface area contributed by atoms with E-state index in [1.54, 1.807) is 12.0 Å². The molecule has 1 heterocycles. The first-order chi connectivity index (χ1) is 17.9. The van der Waals surface area contributed by atoms with Gasteiger partial charge < -0.3 is 9.64 Å². The topological polar surface area (TPSA) is 76.5 Å². The largest absolute Gasteiger partial charge is 0.497 e. The monoisotopic (exact) mass is 498 g/mol. The Morgan fingerprint density at radius 3 is 2.32 bits per heavy atom. The van der Waals surface area contributed by atoms with Gasteiger partial charge in [0.15, 0.2) is 0 Å². The number of aryl methyl sites for hydroxylation is 1. The summed E-state index contributed by atoms with van der Waals surface area (Å²) in [5.41, 5.74) is 3.86. The number of carbonyl (C=O) groups is 2. The quantitative estimate of drug-likeness (QED) is 0.361. The van der Waals surface area contributed by atoms with Crippen LogP contribution in [0.15, 0.2) is 79.0 Å². The van der Waals surface area contributed by atoms with Crippen molar-refractivity contribution in [2.24, 2.45) is 0 Å². The number of carbonyl (C=O) groups excluding carboxylic acids is 2. The normalized spacial score (nSPS) is 12.7. The van der Waals surface area contributed by atoms with E-state index in [2.05, 4.69) is 5.32 Å². The maximum absolute atomic E-state index is 13.3. The minimum atomic E-state index is -0.414. The van der Waals surface area contributed by atoms with Crippen LogP contribution < -0.4 is 10.1 Å². The van der Waals surface area contributed by atoms with Gasteiger partial charge in [-0.3, -0.25) is 19.5 Å².